The molecule has 0 spiro atoms. The van der Waals surface area contributed by atoms with Gasteiger partial charge in [-0.05, 0) is 48.2 Å². The lowest BCUT2D eigenvalue weighted by Crippen LogP contribution is -2.59. The maximum Gasteiger partial charge on any atom is 0.0535 e. The Morgan fingerprint density at radius 2 is 2.05 bits per heavy atom. The summed E-state index contributed by atoms with van der Waals surface area (Å²) in [5.41, 5.74) is 4.32. The molecule has 1 saturated heterocycles. The second-order valence-corrected chi connectivity index (χ2v) is 7.16. The van der Waals surface area contributed by atoms with Crippen LogP contribution in [0.1, 0.15) is 30.5 Å². The summed E-state index contributed by atoms with van der Waals surface area (Å²) in [7, 11) is 0. The molecule has 21 heavy (non-hydrogen) atoms. The molecule has 0 bridgehead atoms. The van der Waals surface area contributed by atoms with Crippen molar-refractivity contribution in [3.8, 4) is 0 Å². The summed E-state index contributed by atoms with van der Waals surface area (Å²) in [6, 6.07) is 11.4. The van der Waals surface area contributed by atoms with Crippen LogP contribution >= 0.6 is 11.3 Å². The van der Waals surface area contributed by atoms with E-state index in [9.17, 15) is 0 Å². The lowest BCUT2D eigenvalue weighted by molar-refractivity contribution is 0.0877. The summed E-state index contributed by atoms with van der Waals surface area (Å²) in [4.78, 5) is 2.61. The first-order chi connectivity index (χ1) is 10.1. The van der Waals surface area contributed by atoms with Crippen molar-refractivity contribution < 1.29 is 0 Å². The Balaban J connectivity index is 1.80. The predicted octanol–water partition coefficient (Wildman–Crippen LogP) is 3.77. The fourth-order valence-corrected chi connectivity index (χ4v) is 3.95. The zero-order valence-electron chi connectivity index (χ0n) is 13.1. The smallest absolute Gasteiger partial charge is 0.0535 e. The molecular formula is C18H24N2S. The summed E-state index contributed by atoms with van der Waals surface area (Å²) in [5.74, 6) is 0. The van der Waals surface area contributed by atoms with E-state index >= 15 is 0 Å². The van der Waals surface area contributed by atoms with Crippen LogP contribution in [0.15, 0.2) is 41.1 Å². The van der Waals surface area contributed by atoms with Crippen LogP contribution in [0.2, 0.25) is 0 Å². The highest BCUT2D eigenvalue weighted by Crippen LogP contribution is 2.28. The molecule has 0 aliphatic carbocycles. The fraction of sp³-hybridized carbons (Fsp3) is 0.444. The lowest BCUT2D eigenvalue weighted by atomic mass is 9.88. The van der Waals surface area contributed by atoms with Crippen molar-refractivity contribution in [3.05, 3.63) is 57.8 Å². The molecule has 0 saturated carbocycles. The number of aryl methyl sites for hydroxylation is 1. The van der Waals surface area contributed by atoms with Gasteiger partial charge in [0, 0.05) is 25.7 Å². The minimum Gasteiger partial charge on any atom is -0.305 e. The molecule has 1 aliphatic heterocycles. The average molecular weight is 300 g/mol. The van der Waals surface area contributed by atoms with Crippen molar-refractivity contribution in [2.45, 2.75) is 38.9 Å². The third-order valence-electron chi connectivity index (χ3n) is 4.68. The van der Waals surface area contributed by atoms with Crippen LogP contribution in [0.5, 0.6) is 0 Å². The number of rotatable bonds is 3. The van der Waals surface area contributed by atoms with E-state index in [1.165, 1.54) is 16.7 Å². The van der Waals surface area contributed by atoms with Gasteiger partial charge in [0.1, 0.15) is 0 Å². The Labute approximate surface area is 131 Å². The summed E-state index contributed by atoms with van der Waals surface area (Å²) < 4.78 is 0. The van der Waals surface area contributed by atoms with Gasteiger partial charge in [-0.25, -0.2) is 0 Å². The van der Waals surface area contributed by atoms with Crippen molar-refractivity contribution >= 4 is 11.3 Å². The van der Waals surface area contributed by atoms with Gasteiger partial charge in [0.2, 0.25) is 0 Å². The molecule has 2 atom stereocenters. The summed E-state index contributed by atoms with van der Waals surface area (Å²) in [6.45, 7) is 10.00. The molecule has 2 nitrogen and oxygen atoms in total. The van der Waals surface area contributed by atoms with Crippen molar-refractivity contribution in [1.29, 1.82) is 0 Å². The van der Waals surface area contributed by atoms with Crippen LogP contribution in [-0.2, 0) is 12.1 Å². The van der Waals surface area contributed by atoms with Gasteiger partial charge in [0.15, 0.2) is 0 Å². The molecule has 1 fully saturated rings. The Morgan fingerprint density at radius 3 is 2.71 bits per heavy atom. The molecule has 2 heterocycles. The molecule has 112 valence electrons. The van der Waals surface area contributed by atoms with E-state index in [0.717, 1.165) is 19.6 Å². The molecule has 3 heteroatoms. The number of nitrogens with zero attached hydrogens (tertiary/aromatic N) is 1. The third-order valence-corrected chi connectivity index (χ3v) is 5.59. The van der Waals surface area contributed by atoms with Crippen molar-refractivity contribution in [2.75, 3.05) is 13.1 Å². The molecule has 1 aromatic carbocycles. The van der Waals surface area contributed by atoms with Gasteiger partial charge in [0.25, 0.3) is 0 Å². The quantitative estimate of drug-likeness (QED) is 0.928. The van der Waals surface area contributed by atoms with Crippen molar-refractivity contribution in [3.63, 3.8) is 0 Å². The first-order valence-electron chi connectivity index (χ1n) is 7.65. The average Bonchev–Trinajstić information content (AvgIpc) is 2.89. The number of benzene rings is 1. The largest absolute Gasteiger partial charge is 0.305 e. The van der Waals surface area contributed by atoms with Gasteiger partial charge in [0.05, 0.1) is 5.54 Å². The second-order valence-electron chi connectivity index (χ2n) is 6.41. The molecule has 1 aliphatic rings. The van der Waals surface area contributed by atoms with Gasteiger partial charge in [-0.2, -0.15) is 11.3 Å². The predicted molar refractivity (Wildman–Crippen MR) is 90.7 cm³/mol. The fourth-order valence-electron chi connectivity index (χ4n) is 3.10. The molecule has 2 aromatic rings. The summed E-state index contributed by atoms with van der Waals surface area (Å²) in [6.07, 6.45) is 0. The number of hydrogen-bond donors (Lipinski definition) is 1. The first-order valence-corrected chi connectivity index (χ1v) is 8.59. The zero-order chi connectivity index (χ0) is 14.9. The second kappa shape index (κ2) is 5.91. The van der Waals surface area contributed by atoms with Gasteiger partial charge in [-0.15, -0.1) is 0 Å². The Hall–Kier alpha value is -1.16. The topological polar surface area (TPSA) is 15.3 Å². The van der Waals surface area contributed by atoms with E-state index < -0.39 is 0 Å². The monoisotopic (exact) mass is 300 g/mol. The molecular weight excluding hydrogens is 276 g/mol. The molecule has 1 N–H and O–H groups in total. The summed E-state index contributed by atoms with van der Waals surface area (Å²) >= 11 is 1.81. The maximum atomic E-state index is 3.75. The first kappa shape index (κ1) is 14.8. The Bertz CT molecular complexity index is 592. The highest BCUT2D eigenvalue weighted by Gasteiger charge is 2.35. The van der Waals surface area contributed by atoms with Crippen LogP contribution in [0.3, 0.4) is 0 Å². The molecule has 0 radical (unpaired) electrons. The molecule has 3 rings (SSSR count). The normalized spacial score (nSPS) is 26.9. The SMILES string of the molecule is Cc1cscc1CN1CC(C)(c2ccccc2)NCC1C. The molecule has 0 amide bonds. The van der Waals surface area contributed by atoms with E-state index in [2.05, 4.69) is 72.1 Å². The number of nitrogens with one attached hydrogen (secondary N) is 1. The molecule has 2 unspecified atom stereocenters. The van der Waals surface area contributed by atoms with Crippen LogP contribution < -0.4 is 5.32 Å². The molecule has 1 aromatic heterocycles. The van der Waals surface area contributed by atoms with E-state index in [0.29, 0.717) is 6.04 Å². The van der Waals surface area contributed by atoms with Gasteiger partial charge >= 0.3 is 0 Å². The van der Waals surface area contributed by atoms with Crippen molar-refractivity contribution in [1.82, 2.24) is 10.2 Å². The van der Waals surface area contributed by atoms with Gasteiger partial charge < -0.3 is 5.32 Å². The summed E-state index contributed by atoms with van der Waals surface area (Å²) in [5, 5.41) is 8.29. The van der Waals surface area contributed by atoms with Crippen LogP contribution in [-0.4, -0.2) is 24.0 Å². The van der Waals surface area contributed by atoms with Crippen LogP contribution in [0.4, 0.5) is 0 Å². The standard InChI is InChI=1S/C18H24N2S/c1-14-11-21-12-16(14)10-20-13-18(3,19-9-15(20)2)17-7-5-4-6-8-17/h4-8,11-12,15,19H,9-10,13H2,1-3H3. The zero-order valence-corrected chi connectivity index (χ0v) is 13.9. The highest BCUT2D eigenvalue weighted by atomic mass is 32.1. The lowest BCUT2D eigenvalue weighted by Gasteiger charge is -2.45. The van der Waals surface area contributed by atoms with E-state index in [4.69, 9.17) is 0 Å². The number of thiophene rings is 1. The van der Waals surface area contributed by atoms with Crippen LogP contribution in [0, 0.1) is 6.92 Å². The van der Waals surface area contributed by atoms with Gasteiger partial charge in [-0.3, -0.25) is 4.90 Å². The van der Waals surface area contributed by atoms with Crippen LogP contribution in [0.25, 0.3) is 0 Å². The highest BCUT2D eigenvalue weighted by molar-refractivity contribution is 7.08. The van der Waals surface area contributed by atoms with E-state index in [1.54, 1.807) is 0 Å². The Kier molecular flexibility index (Phi) is 4.16. The number of piperazine rings is 1. The van der Waals surface area contributed by atoms with Crippen molar-refractivity contribution in [2.24, 2.45) is 0 Å². The minimum atomic E-state index is 0.0394. The van der Waals surface area contributed by atoms with Gasteiger partial charge in [-0.1, -0.05) is 30.3 Å². The Morgan fingerprint density at radius 1 is 1.29 bits per heavy atom. The third kappa shape index (κ3) is 3.05. The number of hydrogen-bond acceptors (Lipinski definition) is 3. The minimum absolute atomic E-state index is 0.0394. The maximum absolute atomic E-state index is 3.75. The van der Waals surface area contributed by atoms with E-state index in [-0.39, 0.29) is 5.54 Å². The van der Waals surface area contributed by atoms with E-state index in [1.807, 2.05) is 11.3 Å².